The highest BCUT2D eigenvalue weighted by atomic mass is 35.5. The molecule has 1 atom stereocenters. The predicted molar refractivity (Wildman–Crippen MR) is 132 cm³/mol. The molecule has 2 amide bonds. The Morgan fingerprint density at radius 1 is 0.912 bits per heavy atom. The number of ether oxygens (including phenoxy) is 2. The van der Waals surface area contributed by atoms with Crippen molar-refractivity contribution in [1.82, 2.24) is 9.80 Å². The summed E-state index contributed by atoms with van der Waals surface area (Å²) in [6.07, 6.45) is 7.15. The summed E-state index contributed by atoms with van der Waals surface area (Å²) in [5.74, 6) is 1.12. The van der Waals surface area contributed by atoms with E-state index in [-0.39, 0.29) is 24.4 Å². The van der Waals surface area contributed by atoms with Gasteiger partial charge in [0, 0.05) is 17.6 Å². The van der Waals surface area contributed by atoms with Crippen LogP contribution in [-0.2, 0) is 16.0 Å². The van der Waals surface area contributed by atoms with Gasteiger partial charge in [0.1, 0.15) is 12.6 Å². The first-order chi connectivity index (χ1) is 16.5. The number of methoxy groups -OCH3 is 2. The van der Waals surface area contributed by atoms with Crippen LogP contribution in [0.1, 0.15) is 55.7 Å². The van der Waals surface area contributed by atoms with Gasteiger partial charge in [0.25, 0.3) is 5.91 Å². The number of amides is 2. The second-order valence-corrected chi connectivity index (χ2v) is 9.53. The largest absolute Gasteiger partial charge is 0.493 e. The van der Waals surface area contributed by atoms with Crippen LogP contribution in [0.3, 0.4) is 0 Å². The van der Waals surface area contributed by atoms with Crippen LogP contribution < -0.4 is 9.47 Å². The molecule has 0 aromatic heterocycles. The fourth-order valence-corrected chi connectivity index (χ4v) is 5.25. The summed E-state index contributed by atoms with van der Waals surface area (Å²) in [5.41, 5.74) is 1.81. The van der Waals surface area contributed by atoms with Crippen LogP contribution in [0.2, 0.25) is 5.02 Å². The average Bonchev–Trinajstić information content (AvgIpc) is 3.14. The standard InChI is InChI=1S/C27H33ClN2O4/c1-33-23-14-11-20(17-24(23)34-2)26-27(32)30(22-7-5-3-4-6-8-22)18-25(31)29(26)16-15-19-9-12-21(28)13-10-19/h9-14,17,22,26H,3-8,15-16,18H2,1-2H3/t26-/m1/s1. The maximum Gasteiger partial charge on any atom is 0.250 e. The summed E-state index contributed by atoms with van der Waals surface area (Å²) in [4.78, 5) is 31.0. The molecule has 1 heterocycles. The van der Waals surface area contributed by atoms with Crippen LogP contribution >= 0.6 is 11.6 Å². The molecule has 2 aromatic rings. The van der Waals surface area contributed by atoms with Crippen molar-refractivity contribution in [3.05, 3.63) is 58.6 Å². The minimum atomic E-state index is -0.684. The Hall–Kier alpha value is -2.73. The lowest BCUT2D eigenvalue weighted by Crippen LogP contribution is -2.58. The van der Waals surface area contributed by atoms with Crippen LogP contribution in [0.15, 0.2) is 42.5 Å². The summed E-state index contributed by atoms with van der Waals surface area (Å²) in [6, 6.07) is 12.5. The van der Waals surface area contributed by atoms with E-state index >= 15 is 0 Å². The van der Waals surface area contributed by atoms with Gasteiger partial charge in [-0.25, -0.2) is 0 Å². The monoisotopic (exact) mass is 484 g/mol. The lowest BCUT2D eigenvalue weighted by molar-refractivity contribution is -0.158. The second-order valence-electron chi connectivity index (χ2n) is 9.09. The van der Waals surface area contributed by atoms with Crippen LogP contribution in [0.5, 0.6) is 11.5 Å². The number of piperazine rings is 1. The molecular formula is C27H33ClN2O4. The molecular weight excluding hydrogens is 452 g/mol. The van der Waals surface area contributed by atoms with Gasteiger partial charge in [0.15, 0.2) is 11.5 Å². The van der Waals surface area contributed by atoms with Gasteiger partial charge in [-0.05, 0) is 54.7 Å². The van der Waals surface area contributed by atoms with E-state index < -0.39 is 6.04 Å². The number of rotatable bonds is 7. The number of carbonyl (C=O) groups excluding carboxylic acids is 2. The SMILES string of the molecule is COc1ccc([C@@H]2C(=O)N(C3CCCCCC3)CC(=O)N2CCc2ccc(Cl)cc2)cc1OC. The molecule has 4 rings (SSSR count). The molecule has 0 radical (unpaired) electrons. The van der Waals surface area contributed by atoms with Crippen molar-refractivity contribution < 1.29 is 19.1 Å². The normalized spacial score (nSPS) is 19.8. The fraction of sp³-hybridized carbons (Fsp3) is 0.481. The van der Waals surface area contributed by atoms with E-state index in [0.29, 0.717) is 29.5 Å². The first-order valence-corrected chi connectivity index (χ1v) is 12.5. The van der Waals surface area contributed by atoms with Crippen LogP contribution in [0.25, 0.3) is 0 Å². The van der Waals surface area contributed by atoms with Gasteiger partial charge in [-0.1, -0.05) is 55.5 Å². The Balaban J connectivity index is 1.65. The number of hydrogen-bond acceptors (Lipinski definition) is 4. The van der Waals surface area contributed by atoms with E-state index in [1.165, 1.54) is 12.8 Å². The first kappa shape index (κ1) is 24.4. The van der Waals surface area contributed by atoms with Crippen molar-refractivity contribution in [3.8, 4) is 11.5 Å². The third-order valence-corrected chi connectivity index (χ3v) is 7.25. The highest BCUT2D eigenvalue weighted by Crippen LogP contribution is 2.36. The Bertz CT molecular complexity index is 1000. The van der Waals surface area contributed by atoms with E-state index in [0.717, 1.165) is 36.8 Å². The van der Waals surface area contributed by atoms with E-state index in [1.54, 1.807) is 25.2 Å². The third kappa shape index (κ3) is 5.33. The molecule has 2 aliphatic rings. The van der Waals surface area contributed by atoms with Gasteiger partial charge in [-0.15, -0.1) is 0 Å². The maximum atomic E-state index is 13.9. The number of halogens is 1. The van der Waals surface area contributed by atoms with E-state index in [2.05, 4.69) is 0 Å². The molecule has 0 spiro atoms. The molecule has 0 unspecified atom stereocenters. The summed E-state index contributed by atoms with van der Waals surface area (Å²) >= 11 is 6.02. The average molecular weight is 485 g/mol. The minimum Gasteiger partial charge on any atom is -0.493 e. The highest BCUT2D eigenvalue weighted by Gasteiger charge is 2.42. The highest BCUT2D eigenvalue weighted by molar-refractivity contribution is 6.30. The zero-order valence-electron chi connectivity index (χ0n) is 20.0. The van der Waals surface area contributed by atoms with Crippen molar-refractivity contribution in [2.45, 2.75) is 57.0 Å². The molecule has 7 heteroatoms. The molecule has 1 aliphatic heterocycles. The molecule has 1 aliphatic carbocycles. The molecule has 6 nitrogen and oxygen atoms in total. The second kappa shape index (κ2) is 11.1. The summed E-state index contributed by atoms with van der Waals surface area (Å²) in [5, 5.41) is 0.676. The molecule has 2 aromatic carbocycles. The molecule has 0 bridgehead atoms. The Morgan fingerprint density at radius 3 is 2.24 bits per heavy atom. The molecule has 2 fully saturated rings. The van der Waals surface area contributed by atoms with Crippen molar-refractivity contribution in [2.75, 3.05) is 27.3 Å². The van der Waals surface area contributed by atoms with E-state index in [1.807, 2.05) is 41.3 Å². The maximum absolute atomic E-state index is 13.9. The minimum absolute atomic E-state index is 0.00479. The molecule has 0 N–H and O–H groups in total. The zero-order chi connectivity index (χ0) is 24.1. The van der Waals surface area contributed by atoms with Crippen molar-refractivity contribution in [3.63, 3.8) is 0 Å². The van der Waals surface area contributed by atoms with Crippen molar-refractivity contribution in [2.24, 2.45) is 0 Å². The Labute approximate surface area is 206 Å². The quantitative estimate of drug-likeness (QED) is 0.517. The Kier molecular flexibility index (Phi) is 7.99. The van der Waals surface area contributed by atoms with Crippen LogP contribution in [-0.4, -0.2) is 55.0 Å². The van der Waals surface area contributed by atoms with E-state index in [9.17, 15) is 9.59 Å². The number of nitrogens with zero attached hydrogens (tertiary/aromatic N) is 2. The Morgan fingerprint density at radius 2 is 1.59 bits per heavy atom. The molecule has 1 saturated carbocycles. The number of benzene rings is 2. The van der Waals surface area contributed by atoms with Crippen molar-refractivity contribution in [1.29, 1.82) is 0 Å². The summed E-state index contributed by atoms with van der Waals surface area (Å²) < 4.78 is 10.9. The predicted octanol–water partition coefficient (Wildman–Crippen LogP) is 5.03. The lowest BCUT2D eigenvalue weighted by Gasteiger charge is -2.43. The van der Waals surface area contributed by atoms with Gasteiger partial charge >= 0.3 is 0 Å². The van der Waals surface area contributed by atoms with Gasteiger partial charge < -0.3 is 19.3 Å². The topological polar surface area (TPSA) is 59.1 Å². The molecule has 1 saturated heterocycles. The fourth-order valence-electron chi connectivity index (χ4n) is 5.13. The summed E-state index contributed by atoms with van der Waals surface area (Å²) in [7, 11) is 3.16. The van der Waals surface area contributed by atoms with Gasteiger partial charge in [-0.3, -0.25) is 9.59 Å². The van der Waals surface area contributed by atoms with Gasteiger partial charge in [0.2, 0.25) is 5.91 Å². The van der Waals surface area contributed by atoms with Crippen LogP contribution in [0.4, 0.5) is 0 Å². The third-order valence-electron chi connectivity index (χ3n) is 7.00. The molecule has 34 heavy (non-hydrogen) atoms. The van der Waals surface area contributed by atoms with Crippen LogP contribution in [0, 0.1) is 0 Å². The van der Waals surface area contributed by atoms with Gasteiger partial charge in [-0.2, -0.15) is 0 Å². The van der Waals surface area contributed by atoms with E-state index in [4.69, 9.17) is 21.1 Å². The van der Waals surface area contributed by atoms with Crippen molar-refractivity contribution >= 4 is 23.4 Å². The number of hydrogen-bond donors (Lipinski definition) is 0. The van der Waals surface area contributed by atoms with Gasteiger partial charge in [0.05, 0.1) is 14.2 Å². The first-order valence-electron chi connectivity index (χ1n) is 12.1. The zero-order valence-corrected chi connectivity index (χ0v) is 20.7. The molecule has 182 valence electrons. The smallest absolute Gasteiger partial charge is 0.250 e. The number of carbonyl (C=O) groups is 2. The summed E-state index contributed by atoms with van der Waals surface area (Å²) in [6.45, 7) is 0.595. The lowest BCUT2D eigenvalue weighted by atomic mass is 9.96.